The van der Waals surface area contributed by atoms with Crippen LogP contribution in [0.2, 0.25) is 5.02 Å². The number of methoxy groups -OCH3 is 1. The summed E-state index contributed by atoms with van der Waals surface area (Å²) in [5, 5.41) is 3.97. The average molecular weight is 387 g/mol. The Morgan fingerprint density at radius 3 is 2.48 bits per heavy atom. The Morgan fingerprint density at radius 2 is 1.85 bits per heavy atom. The number of nitrogens with one attached hydrogen (secondary N) is 1. The normalized spacial score (nSPS) is 16.7. The van der Waals surface area contributed by atoms with Crippen molar-refractivity contribution in [3.8, 4) is 5.75 Å². The van der Waals surface area contributed by atoms with Gasteiger partial charge < -0.3 is 10.1 Å². The van der Waals surface area contributed by atoms with E-state index in [4.69, 9.17) is 16.3 Å². The van der Waals surface area contributed by atoms with E-state index >= 15 is 0 Å². The number of halogens is 1. The van der Waals surface area contributed by atoms with Crippen LogP contribution in [0.25, 0.3) is 0 Å². The van der Waals surface area contributed by atoms with Crippen LogP contribution in [-0.2, 0) is 11.3 Å². The van der Waals surface area contributed by atoms with Crippen molar-refractivity contribution in [3.05, 3.63) is 64.7 Å². The lowest BCUT2D eigenvalue weighted by molar-refractivity contribution is -0.127. The number of carbonyl (C=O) groups is 1. The maximum Gasteiger partial charge on any atom is 0.223 e. The van der Waals surface area contributed by atoms with Crippen LogP contribution < -0.4 is 10.1 Å². The second-order valence-electron chi connectivity index (χ2n) is 7.15. The highest BCUT2D eigenvalue weighted by atomic mass is 35.5. The lowest BCUT2D eigenvalue weighted by atomic mass is 9.95. The molecule has 1 N–H and O–H groups in total. The van der Waals surface area contributed by atoms with Crippen LogP contribution in [0.4, 0.5) is 0 Å². The van der Waals surface area contributed by atoms with Gasteiger partial charge in [0.05, 0.1) is 13.2 Å². The monoisotopic (exact) mass is 386 g/mol. The Kier molecular flexibility index (Phi) is 6.75. The minimum Gasteiger partial charge on any atom is -0.497 e. The molecule has 1 fully saturated rings. The highest BCUT2D eigenvalue weighted by Gasteiger charge is 2.26. The molecule has 1 saturated heterocycles. The quantitative estimate of drug-likeness (QED) is 0.798. The first kappa shape index (κ1) is 19.7. The van der Waals surface area contributed by atoms with Crippen LogP contribution in [0.15, 0.2) is 48.5 Å². The van der Waals surface area contributed by atoms with Crippen molar-refractivity contribution in [2.24, 2.45) is 5.92 Å². The molecule has 4 nitrogen and oxygen atoms in total. The van der Waals surface area contributed by atoms with E-state index in [1.54, 1.807) is 7.11 Å². The van der Waals surface area contributed by atoms with Crippen LogP contribution >= 0.6 is 11.6 Å². The van der Waals surface area contributed by atoms with Crippen molar-refractivity contribution in [1.82, 2.24) is 10.2 Å². The third kappa shape index (κ3) is 5.24. The van der Waals surface area contributed by atoms with Gasteiger partial charge in [0, 0.05) is 17.5 Å². The van der Waals surface area contributed by atoms with Gasteiger partial charge in [-0.1, -0.05) is 41.9 Å². The summed E-state index contributed by atoms with van der Waals surface area (Å²) in [6, 6.07) is 15.8. The molecule has 1 amide bonds. The summed E-state index contributed by atoms with van der Waals surface area (Å²) >= 11 is 6.26. The fourth-order valence-corrected chi connectivity index (χ4v) is 3.72. The van der Waals surface area contributed by atoms with Crippen molar-refractivity contribution in [2.45, 2.75) is 32.4 Å². The number of nitrogens with zero attached hydrogens (tertiary/aromatic N) is 1. The minimum absolute atomic E-state index is 0.00967. The highest BCUT2D eigenvalue weighted by Crippen LogP contribution is 2.24. The van der Waals surface area contributed by atoms with Crippen molar-refractivity contribution < 1.29 is 9.53 Å². The van der Waals surface area contributed by atoms with Crippen LogP contribution in [0.5, 0.6) is 5.75 Å². The number of rotatable bonds is 6. The maximum atomic E-state index is 12.6. The molecule has 0 unspecified atom stereocenters. The molecule has 1 atom stereocenters. The van der Waals surface area contributed by atoms with E-state index in [-0.39, 0.29) is 17.9 Å². The van der Waals surface area contributed by atoms with Crippen molar-refractivity contribution >= 4 is 17.5 Å². The van der Waals surface area contributed by atoms with Gasteiger partial charge in [-0.2, -0.15) is 0 Å². The SMILES string of the molecule is COc1ccc([C@H](C)NC(=O)C2CCN(Cc3ccccc3Cl)CC2)cc1. The molecule has 3 rings (SSSR count). The number of benzene rings is 2. The third-order valence-corrected chi connectivity index (χ3v) is 5.65. The zero-order valence-corrected chi connectivity index (χ0v) is 16.7. The predicted octanol–water partition coefficient (Wildman–Crippen LogP) is 4.44. The molecule has 0 radical (unpaired) electrons. The van der Waals surface area contributed by atoms with E-state index in [1.165, 1.54) is 0 Å². The lowest BCUT2D eigenvalue weighted by Gasteiger charge is -2.32. The number of piperidine rings is 1. The van der Waals surface area contributed by atoms with Gasteiger partial charge in [-0.15, -0.1) is 0 Å². The Labute approximate surface area is 166 Å². The zero-order chi connectivity index (χ0) is 19.2. The Hall–Kier alpha value is -2.04. The largest absolute Gasteiger partial charge is 0.497 e. The van der Waals surface area contributed by atoms with Crippen LogP contribution in [0, 0.1) is 5.92 Å². The van der Waals surface area contributed by atoms with E-state index in [0.29, 0.717) is 0 Å². The Balaban J connectivity index is 1.48. The first-order valence-corrected chi connectivity index (χ1v) is 9.84. The molecule has 0 spiro atoms. The molecule has 5 heteroatoms. The average Bonchev–Trinajstić information content (AvgIpc) is 2.70. The topological polar surface area (TPSA) is 41.6 Å². The van der Waals surface area contributed by atoms with E-state index in [1.807, 2.05) is 49.4 Å². The number of ether oxygens (including phenoxy) is 1. The summed E-state index contributed by atoms with van der Waals surface area (Å²) in [7, 11) is 1.65. The number of hydrogen-bond donors (Lipinski definition) is 1. The Morgan fingerprint density at radius 1 is 1.19 bits per heavy atom. The predicted molar refractivity (Wildman–Crippen MR) is 109 cm³/mol. The highest BCUT2D eigenvalue weighted by molar-refractivity contribution is 6.31. The summed E-state index contributed by atoms with van der Waals surface area (Å²) in [6.45, 7) is 4.70. The van der Waals surface area contributed by atoms with Gasteiger partial charge in [0.1, 0.15) is 5.75 Å². The van der Waals surface area contributed by atoms with Crippen LogP contribution in [0.1, 0.15) is 36.9 Å². The molecule has 0 aliphatic carbocycles. The van der Waals surface area contributed by atoms with E-state index < -0.39 is 0 Å². The molecular formula is C22H27ClN2O2. The molecule has 1 aliphatic heterocycles. The summed E-state index contributed by atoms with van der Waals surface area (Å²) < 4.78 is 5.18. The summed E-state index contributed by atoms with van der Waals surface area (Å²) in [6.07, 6.45) is 1.76. The summed E-state index contributed by atoms with van der Waals surface area (Å²) in [5.41, 5.74) is 2.23. The molecule has 1 heterocycles. The first-order chi connectivity index (χ1) is 13.1. The first-order valence-electron chi connectivity index (χ1n) is 9.47. The molecule has 0 aromatic heterocycles. The fourth-order valence-electron chi connectivity index (χ4n) is 3.53. The molecule has 144 valence electrons. The second-order valence-corrected chi connectivity index (χ2v) is 7.55. The number of hydrogen-bond acceptors (Lipinski definition) is 3. The van der Waals surface area contributed by atoms with Gasteiger partial charge in [0.15, 0.2) is 0 Å². The smallest absolute Gasteiger partial charge is 0.223 e. The molecule has 2 aromatic carbocycles. The van der Waals surface area contributed by atoms with E-state index in [0.717, 1.165) is 54.4 Å². The molecule has 2 aromatic rings. The zero-order valence-electron chi connectivity index (χ0n) is 16.0. The van der Waals surface area contributed by atoms with Gasteiger partial charge in [0.2, 0.25) is 5.91 Å². The second kappa shape index (κ2) is 9.25. The molecule has 27 heavy (non-hydrogen) atoms. The van der Waals surface area contributed by atoms with Crippen molar-refractivity contribution in [2.75, 3.05) is 20.2 Å². The molecule has 0 bridgehead atoms. The summed E-state index contributed by atoms with van der Waals surface area (Å²) in [4.78, 5) is 15.0. The van der Waals surface area contributed by atoms with Crippen LogP contribution in [0.3, 0.4) is 0 Å². The summed E-state index contributed by atoms with van der Waals surface area (Å²) in [5.74, 6) is 1.05. The molecule has 0 saturated carbocycles. The van der Waals surface area contributed by atoms with E-state index in [9.17, 15) is 4.79 Å². The minimum atomic E-state index is -0.00967. The maximum absolute atomic E-state index is 12.6. The Bertz CT molecular complexity index is 755. The van der Waals surface area contributed by atoms with Gasteiger partial charge in [0.25, 0.3) is 0 Å². The van der Waals surface area contributed by atoms with Gasteiger partial charge in [-0.05, 0) is 62.2 Å². The van der Waals surface area contributed by atoms with Crippen LogP contribution in [-0.4, -0.2) is 31.0 Å². The molecular weight excluding hydrogens is 360 g/mol. The number of carbonyl (C=O) groups excluding carboxylic acids is 1. The van der Waals surface area contributed by atoms with Crippen molar-refractivity contribution in [1.29, 1.82) is 0 Å². The standard InChI is InChI=1S/C22H27ClN2O2/c1-16(17-7-9-20(27-2)10-8-17)24-22(26)18-11-13-25(14-12-18)15-19-5-3-4-6-21(19)23/h3-10,16,18H,11-15H2,1-2H3,(H,24,26)/t16-/m0/s1. The van der Waals surface area contributed by atoms with Gasteiger partial charge >= 0.3 is 0 Å². The third-order valence-electron chi connectivity index (χ3n) is 5.28. The van der Waals surface area contributed by atoms with E-state index in [2.05, 4.69) is 16.3 Å². The number of likely N-dealkylation sites (tertiary alicyclic amines) is 1. The molecule has 1 aliphatic rings. The van der Waals surface area contributed by atoms with Crippen molar-refractivity contribution in [3.63, 3.8) is 0 Å². The van der Waals surface area contributed by atoms with Gasteiger partial charge in [-0.3, -0.25) is 9.69 Å². The lowest BCUT2D eigenvalue weighted by Crippen LogP contribution is -2.40. The number of amides is 1. The fraction of sp³-hybridized carbons (Fsp3) is 0.409. The van der Waals surface area contributed by atoms with Gasteiger partial charge in [-0.25, -0.2) is 0 Å².